The van der Waals surface area contributed by atoms with Crippen LogP contribution < -0.4 is 5.32 Å². The fourth-order valence-corrected chi connectivity index (χ4v) is 6.58. The zero-order valence-corrected chi connectivity index (χ0v) is 15.3. The van der Waals surface area contributed by atoms with Crippen LogP contribution in [0.1, 0.15) is 57.8 Å². The standard InChI is InChI=1S/C20H35NO4/c22-17-11-21-16(18(23)19(17)24)3-1-2-4-25-12-20-8-13-5-14(9-20)7-15(6-13)10-20/h13-19,21-24H,1-12H2/t13?,14?,15?,16-,17-,18+,19+,20?/m1/s1. The van der Waals surface area contributed by atoms with Crippen LogP contribution in [0.15, 0.2) is 0 Å². The lowest BCUT2D eigenvalue weighted by Gasteiger charge is -2.56. The molecule has 5 fully saturated rings. The highest BCUT2D eigenvalue weighted by molar-refractivity contribution is 5.01. The third kappa shape index (κ3) is 3.91. The molecule has 1 aliphatic heterocycles. The fourth-order valence-electron chi connectivity index (χ4n) is 6.58. The van der Waals surface area contributed by atoms with E-state index < -0.39 is 18.3 Å². The van der Waals surface area contributed by atoms with E-state index in [1.54, 1.807) is 0 Å². The number of piperidine rings is 1. The summed E-state index contributed by atoms with van der Waals surface area (Å²) in [6.45, 7) is 2.10. The summed E-state index contributed by atoms with van der Waals surface area (Å²) in [6.07, 6.45) is 8.65. The molecule has 0 spiro atoms. The van der Waals surface area contributed by atoms with E-state index in [2.05, 4.69) is 5.32 Å². The molecule has 5 nitrogen and oxygen atoms in total. The van der Waals surface area contributed by atoms with Gasteiger partial charge in [-0.3, -0.25) is 0 Å². The van der Waals surface area contributed by atoms with Gasteiger partial charge in [0.05, 0.1) is 18.8 Å². The lowest BCUT2D eigenvalue weighted by atomic mass is 9.50. The topological polar surface area (TPSA) is 82.0 Å². The summed E-state index contributed by atoms with van der Waals surface area (Å²) in [5.74, 6) is 2.95. The first-order valence-corrected chi connectivity index (χ1v) is 10.4. The summed E-state index contributed by atoms with van der Waals surface area (Å²) in [4.78, 5) is 0. The molecular weight excluding hydrogens is 318 g/mol. The van der Waals surface area contributed by atoms with Crippen molar-refractivity contribution in [3.63, 3.8) is 0 Å². The van der Waals surface area contributed by atoms with E-state index in [1.807, 2.05) is 0 Å². The number of nitrogens with one attached hydrogen (secondary N) is 1. The van der Waals surface area contributed by atoms with Crippen molar-refractivity contribution in [2.24, 2.45) is 23.2 Å². The van der Waals surface area contributed by atoms with Gasteiger partial charge in [-0.05, 0) is 81.0 Å². The van der Waals surface area contributed by atoms with Crippen LogP contribution in [0, 0.1) is 23.2 Å². The molecule has 4 N–H and O–H groups in total. The molecule has 4 aliphatic carbocycles. The largest absolute Gasteiger partial charge is 0.389 e. The zero-order valence-electron chi connectivity index (χ0n) is 15.3. The highest BCUT2D eigenvalue weighted by atomic mass is 16.5. The molecule has 0 amide bonds. The molecule has 1 heterocycles. The van der Waals surface area contributed by atoms with Gasteiger partial charge in [0, 0.05) is 19.2 Å². The third-order valence-electron chi connectivity index (χ3n) is 7.37. The first-order valence-electron chi connectivity index (χ1n) is 10.4. The van der Waals surface area contributed by atoms with Crippen LogP contribution in [0.3, 0.4) is 0 Å². The summed E-state index contributed by atoms with van der Waals surface area (Å²) in [6, 6.07) is -0.124. The first-order chi connectivity index (χ1) is 12.0. The predicted molar refractivity (Wildman–Crippen MR) is 95.1 cm³/mol. The number of unbranched alkanes of at least 4 members (excludes halogenated alkanes) is 1. The molecule has 0 aromatic heterocycles. The monoisotopic (exact) mass is 353 g/mol. The minimum Gasteiger partial charge on any atom is -0.389 e. The molecule has 144 valence electrons. The number of ether oxygens (including phenoxy) is 1. The third-order valence-corrected chi connectivity index (χ3v) is 7.37. The van der Waals surface area contributed by atoms with Crippen molar-refractivity contribution in [2.75, 3.05) is 19.8 Å². The van der Waals surface area contributed by atoms with Crippen LogP contribution in [-0.4, -0.2) is 59.4 Å². The Kier molecular flexibility index (Phi) is 5.40. The van der Waals surface area contributed by atoms with E-state index in [1.165, 1.54) is 38.5 Å². The van der Waals surface area contributed by atoms with E-state index in [4.69, 9.17) is 4.74 Å². The quantitative estimate of drug-likeness (QED) is 0.521. The van der Waals surface area contributed by atoms with Crippen LogP contribution in [-0.2, 0) is 4.74 Å². The first kappa shape index (κ1) is 18.2. The van der Waals surface area contributed by atoms with E-state index in [-0.39, 0.29) is 6.04 Å². The zero-order chi connectivity index (χ0) is 17.4. The SMILES string of the molecule is O[C@@H]1[C@@H](O)[C@@H](CCCCOCC23CC4CC(CC(C4)C2)C3)NC[C@H]1O. The Morgan fingerprint density at radius 3 is 2.16 bits per heavy atom. The summed E-state index contributed by atoms with van der Waals surface area (Å²) < 4.78 is 6.10. The average Bonchev–Trinajstić information content (AvgIpc) is 2.56. The number of hydrogen-bond acceptors (Lipinski definition) is 5. The van der Waals surface area contributed by atoms with Gasteiger partial charge in [0.25, 0.3) is 0 Å². The molecular formula is C20H35NO4. The second-order valence-electron chi connectivity index (χ2n) is 9.53. The van der Waals surface area contributed by atoms with Gasteiger partial charge in [-0.25, -0.2) is 0 Å². The number of β-amino-alcohol motifs (C(OH)–C–C–N with tert-alkyl or cyclic N) is 1. The number of hydrogen-bond donors (Lipinski definition) is 4. The lowest BCUT2D eigenvalue weighted by molar-refractivity contribution is -0.0988. The molecule has 0 aromatic rings. The fraction of sp³-hybridized carbons (Fsp3) is 1.00. The van der Waals surface area contributed by atoms with Gasteiger partial charge in [0.1, 0.15) is 6.10 Å². The molecule has 4 atom stereocenters. The van der Waals surface area contributed by atoms with Crippen molar-refractivity contribution < 1.29 is 20.1 Å². The van der Waals surface area contributed by atoms with E-state index in [0.29, 0.717) is 12.0 Å². The molecule has 5 heteroatoms. The summed E-state index contributed by atoms with van der Waals surface area (Å²) >= 11 is 0. The molecule has 5 rings (SSSR count). The number of aliphatic hydroxyl groups excluding tert-OH is 3. The molecule has 25 heavy (non-hydrogen) atoms. The van der Waals surface area contributed by atoms with Crippen molar-refractivity contribution in [1.82, 2.24) is 5.32 Å². The molecule has 5 aliphatic rings. The van der Waals surface area contributed by atoms with Crippen LogP contribution in [0.2, 0.25) is 0 Å². The van der Waals surface area contributed by atoms with Gasteiger partial charge in [-0.1, -0.05) is 0 Å². The van der Waals surface area contributed by atoms with E-state index >= 15 is 0 Å². The molecule has 0 unspecified atom stereocenters. The predicted octanol–water partition coefficient (Wildman–Crippen LogP) is 1.44. The van der Waals surface area contributed by atoms with Gasteiger partial charge in [0.15, 0.2) is 0 Å². The normalized spacial score (nSPS) is 48.8. The summed E-state index contributed by atoms with van der Waals surface area (Å²) in [5.41, 5.74) is 0.496. The number of aliphatic hydroxyl groups is 3. The summed E-state index contributed by atoms with van der Waals surface area (Å²) in [7, 11) is 0. The highest BCUT2D eigenvalue weighted by Gasteiger charge is 2.50. The Bertz CT molecular complexity index is 422. The Labute approximate surface area is 151 Å². The molecule has 1 saturated heterocycles. The van der Waals surface area contributed by atoms with Crippen LogP contribution in [0.5, 0.6) is 0 Å². The Hall–Kier alpha value is -0.200. The van der Waals surface area contributed by atoms with Crippen molar-refractivity contribution in [2.45, 2.75) is 82.1 Å². The van der Waals surface area contributed by atoms with Crippen molar-refractivity contribution in [3.05, 3.63) is 0 Å². The van der Waals surface area contributed by atoms with Crippen LogP contribution in [0.25, 0.3) is 0 Å². The van der Waals surface area contributed by atoms with Crippen molar-refractivity contribution in [3.8, 4) is 0 Å². The van der Waals surface area contributed by atoms with Gasteiger partial charge < -0.3 is 25.4 Å². The Morgan fingerprint density at radius 1 is 0.880 bits per heavy atom. The van der Waals surface area contributed by atoms with Crippen molar-refractivity contribution >= 4 is 0 Å². The highest BCUT2D eigenvalue weighted by Crippen LogP contribution is 2.60. The second kappa shape index (κ2) is 7.43. The summed E-state index contributed by atoms with van der Waals surface area (Å²) in [5, 5.41) is 32.4. The van der Waals surface area contributed by atoms with Gasteiger partial charge in [0.2, 0.25) is 0 Å². The Balaban J connectivity index is 1.13. The minimum absolute atomic E-state index is 0.124. The molecule has 4 saturated carbocycles. The smallest absolute Gasteiger partial charge is 0.108 e. The van der Waals surface area contributed by atoms with Gasteiger partial charge >= 0.3 is 0 Å². The maximum Gasteiger partial charge on any atom is 0.108 e. The minimum atomic E-state index is -1.03. The molecule has 4 bridgehead atoms. The average molecular weight is 354 g/mol. The number of rotatable bonds is 7. The molecule has 0 aromatic carbocycles. The maximum absolute atomic E-state index is 10.0. The Morgan fingerprint density at radius 2 is 1.52 bits per heavy atom. The van der Waals surface area contributed by atoms with E-state index in [9.17, 15) is 15.3 Å². The van der Waals surface area contributed by atoms with E-state index in [0.717, 1.165) is 50.2 Å². The van der Waals surface area contributed by atoms with Crippen LogP contribution >= 0.6 is 0 Å². The van der Waals surface area contributed by atoms with Gasteiger partial charge in [-0.15, -0.1) is 0 Å². The second-order valence-corrected chi connectivity index (χ2v) is 9.53. The van der Waals surface area contributed by atoms with Gasteiger partial charge in [-0.2, -0.15) is 0 Å². The maximum atomic E-state index is 10.0. The molecule has 0 radical (unpaired) electrons. The van der Waals surface area contributed by atoms with Crippen molar-refractivity contribution in [1.29, 1.82) is 0 Å². The van der Waals surface area contributed by atoms with Crippen LogP contribution in [0.4, 0.5) is 0 Å². The lowest BCUT2D eigenvalue weighted by Crippen LogP contribution is -2.59.